The molecule has 0 N–H and O–H groups in total. The van der Waals surface area contributed by atoms with Crippen LogP contribution in [-0.4, -0.2) is 20.0 Å². The fourth-order valence-corrected chi connectivity index (χ4v) is 4.98. The van der Waals surface area contributed by atoms with E-state index in [0.717, 1.165) is 0 Å². The summed E-state index contributed by atoms with van der Waals surface area (Å²) in [7, 11) is -3.63. The highest BCUT2D eigenvalue weighted by Crippen LogP contribution is 2.52. The minimum atomic E-state index is -3.63. The molecule has 0 amide bonds. The number of carbonyl (C=O) groups excluding carboxylic acids is 1. The minimum absolute atomic E-state index is 0.137. The van der Waals surface area contributed by atoms with Gasteiger partial charge in [-0.25, -0.2) is 12.8 Å². The van der Waals surface area contributed by atoms with Gasteiger partial charge in [-0.15, -0.1) is 0 Å². The van der Waals surface area contributed by atoms with Gasteiger partial charge < -0.3 is 4.79 Å². The number of sulfone groups is 1. The first kappa shape index (κ1) is 15.2. The van der Waals surface area contributed by atoms with Crippen molar-refractivity contribution in [3.8, 4) is 0 Å². The van der Waals surface area contributed by atoms with Gasteiger partial charge in [0, 0.05) is 16.9 Å². The van der Waals surface area contributed by atoms with E-state index < -0.39 is 32.7 Å². The molecule has 2 aromatic carbocycles. The summed E-state index contributed by atoms with van der Waals surface area (Å²) >= 11 is 5.77. The molecule has 3 rings (SSSR count). The zero-order chi connectivity index (χ0) is 15.9. The summed E-state index contributed by atoms with van der Waals surface area (Å²) in [6.07, 6.45) is 0.659. The molecule has 114 valence electrons. The van der Waals surface area contributed by atoms with Crippen LogP contribution in [0.4, 0.5) is 4.39 Å². The van der Waals surface area contributed by atoms with Crippen LogP contribution in [0, 0.1) is 11.7 Å². The van der Waals surface area contributed by atoms with Crippen molar-refractivity contribution in [1.82, 2.24) is 0 Å². The molecule has 1 saturated carbocycles. The maximum atomic E-state index is 13.0. The zero-order valence-electron chi connectivity index (χ0n) is 11.3. The number of hydrogen-bond acceptors (Lipinski definition) is 3. The topological polar surface area (TPSA) is 51.2 Å². The summed E-state index contributed by atoms with van der Waals surface area (Å²) in [5, 5.41) is -0.367. The molecule has 6 heteroatoms. The smallest absolute Gasteiger partial charge is 0.182 e. The highest BCUT2D eigenvalue weighted by molar-refractivity contribution is 7.92. The number of hydrogen-bond donors (Lipinski definition) is 0. The Hall–Kier alpha value is -1.72. The highest BCUT2D eigenvalue weighted by Gasteiger charge is 2.59. The van der Waals surface area contributed by atoms with Gasteiger partial charge in [0.15, 0.2) is 9.84 Å². The third-order valence-electron chi connectivity index (χ3n) is 3.92. The van der Waals surface area contributed by atoms with E-state index in [1.54, 1.807) is 0 Å². The average molecular weight is 339 g/mol. The van der Waals surface area contributed by atoms with Gasteiger partial charge >= 0.3 is 0 Å². The Labute approximate surface area is 132 Å². The molecule has 1 aliphatic carbocycles. The van der Waals surface area contributed by atoms with Crippen molar-refractivity contribution >= 4 is 27.7 Å². The standard InChI is InChI=1S/C16H12ClFO3S/c17-11-3-7-13(8-4-11)22(20,21)16-14(9-19)15(16)10-1-5-12(18)6-2-10/h1-9,14-16H/t14-,15+,16+/m1/s1. The van der Waals surface area contributed by atoms with Crippen molar-refractivity contribution in [1.29, 1.82) is 0 Å². The van der Waals surface area contributed by atoms with Crippen molar-refractivity contribution in [2.75, 3.05) is 0 Å². The molecule has 1 aliphatic rings. The Morgan fingerprint density at radius 1 is 1.00 bits per heavy atom. The van der Waals surface area contributed by atoms with Gasteiger partial charge in [-0.05, 0) is 42.0 Å². The lowest BCUT2D eigenvalue weighted by molar-refractivity contribution is -0.108. The maximum Gasteiger partial charge on any atom is 0.182 e. The fourth-order valence-electron chi connectivity index (χ4n) is 2.75. The van der Waals surface area contributed by atoms with E-state index in [1.807, 2.05) is 0 Å². The number of benzene rings is 2. The Balaban J connectivity index is 1.95. The molecular formula is C16H12ClFO3S. The minimum Gasteiger partial charge on any atom is -0.303 e. The first-order valence-corrected chi connectivity index (χ1v) is 8.58. The van der Waals surface area contributed by atoms with Gasteiger partial charge in [-0.3, -0.25) is 0 Å². The van der Waals surface area contributed by atoms with Crippen LogP contribution >= 0.6 is 11.6 Å². The van der Waals surface area contributed by atoms with E-state index in [0.29, 0.717) is 16.9 Å². The monoisotopic (exact) mass is 338 g/mol. The molecule has 0 radical (unpaired) electrons. The maximum absolute atomic E-state index is 13.0. The van der Waals surface area contributed by atoms with Crippen LogP contribution in [0.2, 0.25) is 5.02 Å². The first-order chi connectivity index (χ1) is 10.4. The first-order valence-electron chi connectivity index (χ1n) is 6.65. The van der Waals surface area contributed by atoms with Gasteiger partial charge in [0.2, 0.25) is 0 Å². The Bertz CT molecular complexity index is 800. The largest absolute Gasteiger partial charge is 0.303 e. The molecular weight excluding hydrogens is 327 g/mol. The van der Waals surface area contributed by atoms with Gasteiger partial charge in [0.05, 0.1) is 10.1 Å². The predicted octanol–water partition coefficient (Wildman–Crippen LogP) is 3.23. The normalized spacial score (nSPS) is 24.0. The van der Waals surface area contributed by atoms with E-state index in [1.165, 1.54) is 48.5 Å². The lowest BCUT2D eigenvalue weighted by Crippen LogP contribution is -2.11. The number of aldehydes is 1. The molecule has 3 nitrogen and oxygen atoms in total. The molecule has 0 aliphatic heterocycles. The second-order valence-electron chi connectivity index (χ2n) is 5.25. The predicted molar refractivity (Wildman–Crippen MR) is 81.1 cm³/mol. The molecule has 0 saturated heterocycles. The van der Waals surface area contributed by atoms with Crippen LogP contribution in [-0.2, 0) is 14.6 Å². The Morgan fingerprint density at radius 3 is 2.14 bits per heavy atom. The van der Waals surface area contributed by atoms with Gasteiger partial charge in [0.25, 0.3) is 0 Å². The Kier molecular flexibility index (Phi) is 3.78. The molecule has 22 heavy (non-hydrogen) atoms. The zero-order valence-corrected chi connectivity index (χ0v) is 12.9. The number of halogens is 2. The van der Waals surface area contributed by atoms with Crippen molar-refractivity contribution in [2.45, 2.75) is 16.1 Å². The number of carbonyl (C=O) groups is 1. The van der Waals surface area contributed by atoms with E-state index in [9.17, 15) is 17.6 Å². The summed E-state index contributed by atoms with van der Waals surface area (Å²) < 4.78 is 38.3. The van der Waals surface area contributed by atoms with Crippen LogP contribution in [0.25, 0.3) is 0 Å². The number of rotatable bonds is 4. The molecule has 3 atom stereocenters. The second kappa shape index (κ2) is 5.48. The lowest BCUT2D eigenvalue weighted by Gasteiger charge is -2.04. The molecule has 1 fully saturated rings. The van der Waals surface area contributed by atoms with Crippen LogP contribution in [0.1, 0.15) is 11.5 Å². The van der Waals surface area contributed by atoms with E-state index in [2.05, 4.69) is 0 Å². The summed E-state index contributed by atoms with van der Waals surface area (Å²) in [5.41, 5.74) is 0.654. The summed E-state index contributed by atoms with van der Waals surface area (Å²) in [6, 6.07) is 11.4. The van der Waals surface area contributed by atoms with Crippen molar-refractivity contribution < 1.29 is 17.6 Å². The summed E-state index contributed by atoms with van der Waals surface area (Å²) in [4.78, 5) is 11.3. The molecule has 0 heterocycles. The van der Waals surface area contributed by atoms with Crippen LogP contribution in [0.3, 0.4) is 0 Å². The van der Waals surface area contributed by atoms with Crippen molar-refractivity contribution in [3.63, 3.8) is 0 Å². The van der Waals surface area contributed by atoms with E-state index >= 15 is 0 Å². The molecule has 2 aromatic rings. The molecule has 0 aromatic heterocycles. The third-order valence-corrected chi connectivity index (χ3v) is 6.42. The van der Waals surface area contributed by atoms with Crippen molar-refractivity contribution in [2.24, 2.45) is 5.92 Å². The summed E-state index contributed by atoms with van der Waals surface area (Å²) in [5.74, 6) is -1.44. The van der Waals surface area contributed by atoms with Gasteiger partial charge in [0.1, 0.15) is 12.1 Å². The third kappa shape index (κ3) is 2.55. The molecule has 0 spiro atoms. The molecule has 0 unspecified atom stereocenters. The molecule has 0 bridgehead atoms. The van der Waals surface area contributed by atoms with Gasteiger partial charge in [-0.2, -0.15) is 0 Å². The fraction of sp³-hybridized carbons (Fsp3) is 0.188. The van der Waals surface area contributed by atoms with Crippen molar-refractivity contribution in [3.05, 3.63) is 64.9 Å². The van der Waals surface area contributed by atoms with Gasteiger partial charge in [-0.1, -0.05) is 23.7 Å². The second-order valence-corrected chi connectivity index (χ2v) is 7.80. The highest BCUT2D eigenvalue weighted by atomic mass is 35.5. The SMILES string of the molecule is O=C[C@@H]1[C@H](c2ccc(F)cc2)[C@H]1S(=O)(=O)c1ccc(Cl)cc1. The van der Waals surface area contributed by atoms with E-state index in [-0.39, 0.29) is 4.90 Å². The quantitative estimate of drug-likeness (QED) is 0.804. The lowest BCUT2D eigenvalue weighted by atomic mass is 10.1. The van der Waals surface area contributed by atoms with Crippen LogP contribution in [0.15, 0.2) is 53.4 Å². The van der Waals surface area contributed by atoms with Crippen LogP contribution < -0.4 is 0 Å². The average Bonchev–Trinajstić information content (AvgIpc) is 3.24. The Morgan fingerprint density at radius 2 is 1.59 bits per heavy atom. The van der Waals surface area contributed by atoms with Crippen LogP contribution in [0.5, 0.6) is 0 Å². The summed E-state index contributed by atoms with van der Waals surface area (Å²) in [6.45, 7) is 0. The van der Waals surface area contributed by atoms with E-state index in [4.69, 9.17) is 11.6 Å².